The number of benzene rings is 1. The monoisotopic (exact) mass is 263 g/mol. The van der Waals surface area contributed by atoms with Crippen LogP contribution in [0, 0.1) is 6.92 Å². The van der Waals surface area contributed by atoms with Crippen LogP contribution in [-0.4, -0.2) is 41.0 Å². The largest absolute Gasteiger partial charge is 0.496 e. The summed E-state index contributed by atoms with van der Waals surface area (Å²) >= 11 is 0. The number of hydrogen-bond acceptors (Lipinski definition) is 6. The van der Waals surface area contributed by atoms with Gasteiger partial charge >= 0.3 is 0 Å². The molecule has 0 aliphatic heterocycles. The van der Waals surface area contributed by atoms with Crippen molar-refractivity contribution in [1.29, 1.82) is 0 Å². The molecule has 0 bridgehead atoms. The molecule has 0 radical (unpaired) electrons. The maximum atomic E-state index is 5.47. The molecule has 0 aliphatic rings. The molecule has 0 unspecified atom stereocenters. The highest BCUT2D eigenvalue weighted by atomic mass is 16.5. The van der Waals surface area contributed by atoms with Crippen LogP contribution in [0.1, 0.15) is 11.4 Å². The lowest BCUT2D eigenvalue weighted by Gasteiger charge is -2.11. The van der Waals surface area contributed by atoms with Crippen LogP contribution in [0.2, 0.25) is 0 Å². The van der Waals surface area contributed by atoms with Gasteiger partial charge in [-0.05, 0) is 30.3 Å². The highest BCUT2D eigenvalue weighted by Gasteiger charge is 2.13. The number of nitrogens with zero attached hydrogens (tertiary/aromatic N) is 4. The van der Waals surface area contributed by atoms with Crippen molar-refractivity contribution in [2.24, 2.45) is 5.73 Å². The highest BCUT2D eigenvalue weighted by molar-refractivity contribution is 5.53. The molecular formula is C12H17N5O2. The van der Waals surface area contributed by atoms with E-state index < -0.39 is 0 Å². The molecule has 2 aromatic rings. The zero-order valence-electron chi connectivity index (χ0n) is 11.3. The Kier molecular flexibility index (Phi) is 3.96. The summed E-state index contributed by atoms with van der Waals surface area (Å²) < 4.78 is 10.6. The molecule has 7 heteroatoms. The molecular weight excluding hydrogens is 246 g/mol. The maximum Gasteiger partial charge on any atom is 0.176 e. The van der Waals surface area contributed by atoms with Crippen LogP contribution < -0.4 is 15.2 Å². The van der Waals surface area contributed by atoms with E-state index in [2.05, 4.69) is 15.4 Å². The van der Waals surface area contributed by atoms with E-state index in [1.54, 1.807) is 14.2 Å². The molecule has 1 aromatic heterocycles. The Balaban J connectivity index is 2.46. The first-order chi connectivity index (χ1) is 9.19. The van der Waals surface area contributed by atoms with Gasteiger partial charge < -0.3 is 15.2 Å². The number of aromatic nitrogens is 4. The Labute approximate surface area is 111 Å². The first-order valence-corrected chi connectivity index (χ1v) is 5.91. The van der Waals surface area contributed by atoms with Gasteiger partial charge in [0.2, 0.25) is 0 Å². The summed E-state index contributed by atoms with van der Waals surface area (Å²) in [7, 11) is 3.22. The summed E-state index contributed by atoms with van der Waals surface area (Å²) in [4.78, 5) is 1.42. The summed E-state index contributed by atoms with van der Waals surface area (Å²) in [6.45, 7) is 2.43. The molecule has 1 aromatic carbocycles. The molecule has 2 N–H and O–H groups in total. The SMILES string of the molecule is COc1cc(-n2nnc(CCN)n2)c(OC)cc1C. The molecule has 7 nitrogen and oxygen atoms in total. The Morgan fingerprint density at radius 3 is 2.58 bits per heavy atom. The van der Waals surface area contributed by atoms with Crippen LogP contribution in [0.4, 0.5) is 0 Å². The summed E-state index contributed by atoms with van der Waals surface area (Å²) in [5.74, 6) is 2.01. The van der Waals surface area contributed by atoms with Crippen molar-refractivity contribution in [3.05, 3.63) is 23.5 Å². The van der Waals surface area contributed by atoms with Crippen molar-refractivity contribution in [1.82, 2.24) is 20.2 Å². The van der Waals surface area contributed by atoms with Crippen molar-refractivity contribution >= 4 is 0 Å². The Hall–Kier alpha value is -2.15. The van der Waals surface area contributed by atoms with Gasteiger partial charge in [-0.25, -0.2) is 0 Å². The number of ether oxygens (including phenoxy) is 2. The van der Waals surface area contributed by atoms with Crippen molar-refractivity contribution in [3.63, 3.8) is 0 Å². The molecule has 0 fully saturated rings. The van der Waals surface area contributed by atoms with Crippen LogP contribution in [0.25, 0.3) is 5.69 Å². The van der Waals surface area contributed by atoms with E-state index in [-0.39, 0.29) is 0 Å². The lowest BCUT2D eigenvalue weighted by molar-refractivity contribution is 0.396. The Morgan fingerprint density at radius 1 is 1.21 bits per heavy atom. The second-order valence-corrected chi connectivity index (χ2v) is 4.03. The van der Waals surface area contributed by atoms with Crippen LogP contribution in [0.3, 0.4) is 0 Å². The predicted octanol–water partition coefficient (Wildman–Crippen LogP) is 0.489. The smallest absolute Gasteiger partial charge is 0.176 e. The van der Waals surface area contributed by atoms with E-state index in [1.807, 2.05) is 19.1 Å². The van der Waals surface area contributed by atoms with Crippen LogP contribution in [0.15, 0.2) is 12.1 Å². The third kappa shape index (κ3) is 2.65. The topological polar surface area (TPSA) is 88.1 Å². The molecule has 0 saturated carbocycles. The van der Waals surface area contributed by atoms with Crippen molar-refractivity contribution < 1.29 is 9.47 Å². The normalized spacial score (nSPS) is 10.5. The van der Waals surface area contributed by atoms with Gasteiger partial charge in [0, 0.05) is 12.5 Å². The second kappa shape index (κ2) is 5.66. The van der Waals surface area contributed by atoms with Crippen molar-refractivity contribution in [3.8, 4) is 17.2 Å². The number of aryl methyl sites for hydroxylation is 1. The number of nitrogens with two attached hydrogens (primary N) is 1. The fraction of sp³-hybridized carbons (Fsp3) is 0.417. The van der Waals surface area contributed by atoms with Gasteiger partial charge in [-0.15, -0.1) is 15.0 Å². The highest BCUT2D eigenvalue weighted by Crippen LogP contribution is 2.30. The molecule has 0 amide bonds. The Morgan fingerprint density at radius 2 is 1.95 bits per heavy atom. The molecule has 0 aliphatic carbocycles. The minimum atomic E-state index is 0.486. The van der Waals surface area contributed by atoms with Crippen molar-refractivity contribution in [2.75, 3.05) is 20.8 Å². The van der Waals surface area contributed by atoms with E-state index in [4.69, 9.17) is 15.2 Å². The third-order valence-electron chi connectivity index (χ3n) is 2.73. The predicted molar refractivity (Wildman–Crippen MR) is 69.8 cm³/mol. The summed E-state index contributed by atoms with van der Waals surface area (Å²) in [6.07, 6.45) is 0.589. The molecule has 102 valence electrons. The van der Waals surface area contributed by atoms with Crippen LogP contribution >= 0.6 is 0 Å². The standard InChI is InChI=1S/C12H17N5O2/c1-8-6-11(19-3)9(7-10(8)18-2)17-15-12(4-5-13)14-16-17/h6-7H,4-5,13H2,1-3H3. The van der Waals surface area contributed by atoms with E-state index in [1.165, 1.54) is 4.80 Å². The molecule has 0 atom stereocenters. The van der Waals surface area contributed by atoms with Gasteiger partial charge in [-0.2, -0.15) is 0 Å². The number of methoxy groups -OCH3 is 2. The average Bonchev–Trinajstić information content (AvgIpc) is 2.87. The number of tetrazole rings is 1. The number of rotatable bonds is 5. The maximum absolute atomic E-state index is 5.47. The van der Waals surface area contributed by atoms with Gasteiger partial charge in [0.05, 0.1) is 14.2 Å². The van der Waals surface area contributed by atoms with E-state index >= 15 is 0 Å². The van der Waals surface area contributed by atoms with Crippen LogP contribution in [-0.2, 0) is 6.42 Å². The lowest BCUT2D eigenvalue weighted by atomic mass is 10.2. The summed E-state index contributed by atoms with van der Waals surface area (Å²) in [5, 5.41) is 12.2. The molecule has 19 heavy (non-hydrogen) atoms. The molecule has 0 spiro atoms. The summed E-state index contributed by atoms with van der Waals surface area (Å²) in [5.41, 5.74) is 7.13. The Bertz CT molecular complexity index is 567. The van der Waals surface area contributed by atoms with Gasteiger partial charge in [0.25, 0.3) is 0 Å². The first-order valence-electron chi connectivity index (χ1n) is 5.91. The first kappa shape index (κ1) is 13.3. The van der Waals surface area contributed by atoms with Gasteiger partial charge in [0.1, 0.15) is 17.2 Å². The zero-order valence-corrected chi connectivity index (χ0v) is 11.3. The van der Waals surface area contributed by atoms with Crippen molar-refractivity contribution in [2.45, 2.75) is 13.3 Å². The van der Waals surface area contributed by atoms with E-state index in [0.29, 0.717) is 30.2 Å². The fourth-order valence-electron chi connectivity index (χ4n) is 1.77. The van der Waals surface area contributed by atoms with Gasteiger partial charge in [-0.1, -0.05) is 0 Å². The van der Waals surface area contributed by atoms with Gasteiger partial charge in [0.15, 0.2) is 5.82 Å². The molecule has 1 heterocycles. The average molecular weight is 263 g/mol. The minimum absolute atomic E-state index is 0.486. The fourth-order valence-corrected chi connectivity index (χ4v) is 1.77. The minimum Gasteiger partial charge on any atom is -0.496 e. The van der Waals surface area contributed by atoms with E-state index in [9.17, 15) is 0 Å². The summed E-state index contributed by atoms with van der Waals surface area (Å²) in [6, 6.07) is 3.70. The quantitative estimate of drug-likeness (QED) is 0.844. The van der Waals surface area contributed by atoms with Gasteiger partial charge in [-0.3, -0.25) is 0 Å². The molecule has 0 saturated heterocycles. The third-order valence-corrected chi connectivity index (χ3v) is 2.73. The number of hydrogen-bond donors (Lipinski definition) is 1. The van der Waals surface area contributed by atoms with E-state index in [0.717, 1.165) is 11.3 Å². The molecule has 2 rings (SSSR count). The lowest BCUT2D eigenvalue weighted by Crippen LogP contribution is -2.06. The second-order valence-electron chi connectivity index (χ2n) is 4.03. The zero-order chi connectivity index (χ0) is 13.8. The van der Waals surface area contributed by atoms with Crippen LogP contribution in [0.5, 0.6) is 11.5 Å².